The number of piperidine rings is 1. The highest BCUT2D eigenvalue weighted by atomic mass is 16.6. The number of carbonyl (C=O) groups excluding carboxylic acids is 2. The van der Waals surface area contributed by atoms with Crippen LogP contribution in [0, 0.1) is 5.92 Å². The van der Waals surface area contributed by atoms with Crippen molar-refractivity contribution in [3.63, 3.8) is 0 Å². The van der Waals surface area contributed by atoms with Crippen LogP contribution in [0.5, 0.6) is 5.88 Å². The van der Waals surface area contributed by atoms with Crippen LogP contribution in [-0.2, 0) is 4.74 Å². The fraction of sp³-hybridized carbons (Fsp3) is 0.647. The predicted molar refractivity (Wildman–Crippen MR) is 93.1 cm³/mol. The molecule has 0 unspecified atom stereocenters. The summed E-state index contributed by atoms with van der Waals surface area (Å²) in [5, 5.41) is 2.82. The lowest BCUT2D eigenvalue weighted by molar-refractivity contribution is 0.0516. The van der Waals surface area contributed by atoms with E-state index in [-0.39, 0.29) is 6.09 Å². The van der Waals surface area contributed by atoms with Gasteiger partial charge in [-0.3, -0.25) is 4.79 Å². The molecule has 1 saturated heterocycles. The van der Waals surface area contributed by atoms with Gasteiger partial charge in [-0.25, -0.2) is 9.78 Å². The van der Waals surface area contributed by atoms with Crippen molar-refractivity contribution in [1.82, 2.24) is 15.3 Å². The van der Waals surface area contributed by atoms with Gasteiger partial charge in [0.1, 0.15) is 11.3 Å². The first kappa shape index (κ1) is 19.0. The standard InChI is InChI=1S/C17H26N4O4/c1-17(2,3)25-16(23)18-10-12-5-7-21(8-6-12)15-19-13(11-22)9-14(20-15)24-4/h9,11-12H,5-8,10H2,1-4H3,(H,18,23). The van der Waals surface area contributed by atoms with Crippen LogP contribution < -0.4 is 15.0 Å². The molecule has 1 amide bonds. The number of anilines is 1. The van der Waals surface area contributed by atoms with Crippen molar-refractivity contribution in [3.8, 4) is 5.88 Å². The summed E-state index contributed by atoms with van der Waals surface area (Å²) in [6.07, 6.45) is 2.09. The van der Waals surface area contributed by atoms with E-state index in [1.807, 2.05) is 25.7 Å². The number of hydrogen-bond acceptors (Lipinski definition) is 7. The number of methoxy groups -OCH3 is 1. The summed E-state index contributed by atoms with van der Waals surface area (Å²) in [7, 11) is 1.51. The van der Waals surface area contributed by atoms with E-state index < -0.39 is 5.60 Å². The van der Waals surface area contributed by atoms with Crippen LogP contribution in [0.2, 0.25) is 0 Å². The summed E-state index contributed by atoms with van der Waals surface area (Å²) in [5.74, 6) is 1.25. The molecule has 2 heterocycles. The van der Waals surface area contributed by atoms with Crippen molar-refractivity contribution in [1.29, 1.82) is 0 Å². The van der Waals surface area contributed by atoms with Gasteiger partial charge in [-0.2, -0.15) is 4.98 Å². The first-order chi connectivity index (χ1) is 11.8. The third kappa shape index (κ3) is 5.88. The van der Waals surface area contributed by atoms with Crippen LogP contribution >= 0.6 is 0 Å². The van der Waals surface area contributed by atoms with Gasteiger partial charge in [-0.05, 0) is 39.5 Å². The quantitative estimate of drug-likeness (QED) is 0.812. The second kappa shape index (κ2) is 8.13. The van der Waals surface area contributed by atoms with E-state index in [0.29, 0.717) is 36.3 Å². The maximum Gasteiger partial charge on any atom is 0.407 e. The number of nitrogens with one attached hydrogen (secondary N) is 1. The Labute approximate surface area is 147 Å². The first-order valence-electron chi connectivity index (χ1n) is 8.41. The molecule has 0 radical (unpaired) electrons. The number of rotatable bonds is 5. The van der Waals surface area contributed by atoms with Crippen molar-refractivity contribution in [3.05, 3.63) is 11.8 Å². The van der Waals surface area contributed by atoms with Gasteiger partial charge in [0, 0.05) is 25.7 Å². The smallest absolute Gasteiger partial charge is 0.407 e. The average Bonchev–Trinajstić information content (AvgIpc) is 2.58. The SMILES string of the molecule is COc1cc(C=O)nc(N2CCC(CNC(=O)OC(C)(C)C)CC2)n1. The minimum Gasteiger partial charge on any atom is -0.481 e. The second-order valence-corrected chi connectivity index (χ2v) is 7.07. The van der Waals surface area contributed by atoms with Crippen molar-refractivity contribution in [2.45, 2.75) is 39.2 Å². The first-order valence-corrected chi connectivity index (χ1v) is 8.41. The third-order valence-electron chi connectivity index (χ3n) is 3.87. The summed E-state index contributed by atoms with van der Waals surface area (Å²) in [4.78, 5) is 33.3. The highest BCUT2D eigenvalue weighted by Crippen LogP contribution is 2.22. The number of carbonyl (C=O) groups is 2. The van der Waals surface area contributed by atoms with Crippen molar-refractivity contribution in [2.75, 3.05) is 31.6 Å². The molecule has 1 aliphatic rings. The minimum atomic E-state index is -0.493. The van der Waals surface area contributed by atoms with E-state index in [1.165, 1.54) is 13.2 Å². The van der Waals surface area contributed by atoms with Crippen molar-refractivity contribution >= 4 is 18.3 Å². The summed E-state index contributed by atoms with van der Waals surface area (Å²) in [6.45, 7) is 7.62. The Hall–Kier alpha value is -2.38. The van der Waals surface area contributed by atoms with Crippen LogP contribution in [0.1, 0.15) is 44.1 Å². The zero-order valence-corrected chi connectivity index (χ0v) is 15.2. The zero-order chi connectivity index (χ0) is 18.4. The summed E-state index contributed by atoms with van der Waals surface area (Å²) >= 11 is 0. The van der Waals surface area contributed by atoms with Gasteiger partial charge in [0.15, 0.2) is 6.29 Å². The molecule has 25 heavy (non-hydrogen) atoms. The molecule has 138 valence electrons. The number of ether oxygens (including phenoxy) is 2. The molecule has 1 aromatic rings. The summed E-state index contributed by atoms with van der Waals surface area (Å²) in [6, 6.07) is 1.51. The third-order valence-corrected chi connectivity index (χ3v) is 3.87. The van der Waals surface area contributed by atoms with E-state index in [0.717, 1.165) is 25.9 Å². The molecule has 8 nitrogen and oxygen atoms in total. The Kier molecular flexibility index (Phi) is 6.17. The van der Waals surface area contributed by atoms with Gasteiger partial charge < -0.3 is 19.7 Å². The molecule has 0 bridgehead atoms. The molecule has 0 spiro atoms. The van der Waals surface area contributed by atoms with Crippen molar-refractivity contribution < 1.29 is 19.1 Å². The molecule has 0 saturated carbocycles. The van der Waals surface area contributed by atoms with Gasteiger partial charge in [-0.15, -0.1) is 0 Å². The predicted octanol–water partition coefficient (Wildman–Crippen LogP) is 2.04. The molecule has 1 fully saturated rings. The number of aromatic nitrogens is 2. The van der Waals surface area contributed by atoms with Crippen LogP contribution in [-0.4, -0.2) is 54.7 Å². The van der Waals surface area contributed by atoms with E-state index in [2.05, 4.69) is 15.3 Å². The van der Waals surface area contributed by atoms with Crippen LogP contribution in [0.3, 0.4) is 0 Å². The monoisotopic (exact) mass is 350 g/mol. The molecule has 1 aliphatic heterocycles. The fourth-order valence-corrected chi connectivity index (χ4v) is 2.62. The molecule has 2 rings (SSSR count). The molecular formula is C17H26N4O4. The Bertz CT molecular complexity index is 607. The molecule has 0 aromatic carbocycles. The number of alkyl carbamates (subject to hydrolysis) is 1. The highest BCUT2D eigenvalue weighted by Gasteiger charge is 2.23. The number of nitrogens with zero attached hydrogens (tertiary/aromatic N) is 3. The topological polar surface area (TPSA) is 93.7 Å². The van der Waals surface area contributed by atoms with Crippen LogP contribution in [0.25, 0.3) is 0 Å². The molecular weight excluding hydrogens is 324 g/mol. The zero-order valence-electron chi connectivity index (χ0n) is 15.2. The molecule has 1 N–H and O–H groups in total. The number of aldehydes is 1. The largest absolute Gasteiger partial charge is 0.481 e. The van der Waals surface area contributed by atoms with Crippen LogP contribution in [0.15, 0.2) is 6.07 Å². The lowest BCUT2D eigenvalue weighted by atomic mass is 9.97. The maximum absolute atomic E-state index is 11.7. The minimum absolute atomic E-state index is 0.301. The molecule has 1 aromatic heterocycles. The van der Waals surface area contributed by atoms with E-state index in [9.17, 15) is 9.59 Å². The Morgan fingerprint density at radius 3 is 2.60 bits per heavy atom. The Morgan fingerprint density at radius 2 is 2.04 bits per heavy atom. The van der Waals surface area contributed by atoms with Gasteiger partial charge in [-0.1, -0.05) is 0 Å². The Balaban J connectivity index is 1.85. The van der Waals surface area contributed by atoms with Gasteiger partial charge >= 0.3 is 6.09 Å². The van der Waals surface area contributed by atoms with Gasteiger partial charge in [0.2, 0.25) is 11.8 Å². The number of amides is 1. The van der Waals surface area contributed by atoms with E-state index >= 15 is 0 Å². The van der Waals surface area contributed by atoms with Gasteiger partial charge in [0.25, 0.3) is 0 Å². The fourth-order valence-electron chi connectivity index (χ4n) is 2.62. The van der Waals surface area contributed by atoms with Crippen molar-refractivity contribution in [2.24, 2.45) is 5.92 Å². The second-order valence-electron chi connectivity index (χ2n) is 7.07. The molecule has 8 heteroatoms. The normalized spacial score (nSPS) is 15.6. The summed E-state index contributed by atoms with van der Waals surface area (Å²) < 4.78 is 10.4. The highest BCUT2D eigenvalue weighted by molar-refractivity contribution is 5.73. The molecule has 0 aliphatic carbocycles. The average molecular weight is 350 g/mol. The van der Waals surface area contributed by atoms with Crippen LogP contribution in [0.4, 0.5) is 10.7 Å². The number of hydrogen-bond donors (Lipinski definition) is 1. The van der Waals surface area contributed by atoms with Gasteiger partial charge in [0.05, 0.1) is 7.11 Å². The Morgan fingerprint density at radius 1 is 1.36 bits per heavy atom. The van der Waals surface area contributed by atoms with E-state index in [4.69, 9.17) is 9.47 Å². The maximum atomic E-state index is 11.7. The molecule has 0 atom stereocenters. The van der Waals surface area contributed by atoms with E-state index in [1.54, 1.807) is 0 Å². The lowest BCUT2D eigenvalue weighted by Gasteiger charge is -2.32. The lowest BCUT2D eigenvalue weighted by Crippen LogP contribution is -2.40. The summed E-state index contributed by atoms with van der Waals surface area (Å²) in [5.41, 5.74) is -0.191.